The minimum absolute atomic E-state index is 0.0484. The fourth-order valence-electron chi connectivity index (χ4n) is 2.80. The monoisotopic (exact) mass is 354 g/mol. The molecule has 0 saturated carbocycles. The van der Waals surface area contributed by atoms with Crippen LogP contribution in [0.3, 0.4) is 0 Å². The molecule has 0 aliphatic rings. The van der Waals surface area contributed by atoms with E-state index in [-0.39, 0.29) is 11.8 Å². The second-order valence-electron chi connectivity index (χ2n) is 6.15. The maximum Gasteiger partial charge on any atom is 0.242 e. The van der Waals surface area contributed by atoms with Gasteiger partial charge in [0.25, 0.3) is 0 Å². The van der Waals surface area contributed by atoms with Gasteiger partial charge in [0.2, 0.25) is 11.8 Å². The van der Waals surface area contributed by atoms with Crippen LogP contribution in [0.4, 0.5) is 0 Å². The molecule has 5 heteroatoms. The molecule has 0 unspecified atom stereocenters. The highest BCUT2D eigenvalue weighted by Gasteiger charge is 2.25. The number of amides is 2. The van der Waals surface area contributed by atoms with Crippen LogP contribution >= 0.6 is 0 Å². The van der Waals surface area contributed by atoms with Crippen LogP contribution in [0, 0.1) is 0 Å². The van der Waals surface area contributed by atoms with Crippen LogP contribution in [-0.4, -0.2) is 36.9 Å². The topological polar surface area (TPSA) is 58.6 Å². The second-order valence-corrected chi connectivity index (χ2v) is 6.15. The lowest BCUT2D eigenvalue weighted by Crippen LogP contribution is -2.46. The van der Waals surface area contributed by atoms with Gasteiger partial charge in [0, 0.05) is 20.0 Å². The Morgan fingerprint density at radius 2 is 1.77 bits per heavy atom. The molecule has 138 valence electrons. The van der Waals surface area contributed by atoms with Crippen LogP contribution in [0.1, 0.15) is 24.5 Å². The number of hydrogen-bond acceptors (Lipinski definition) is 3. The molecule has 0 heterocycles. The summed E-state index contributed by atoms with van der Waals surface area (Å²) >= 11 is 0. The summed E-state index contributed by atoms with van der Waals surface area (Å²) in [5, 5.41) is 2.62. The van der Waals surface area contributed by atoms with Crippen molar-refractivity contribution in [1.29, 1.82) is 0 Å². The van der Waals surface area contributed by atoms with E-state index in [4.69, 9.17) is 4.74 Å². The molecule has 2 rings (SSSR count). The van der Waals surface area contributed by atoms with E-state index in [0.717, 1.165) is 16.9 Å². The number of carbonyl (C=O) groups excluding carboxylic acids is 2. The highest BCUT2D eigenvalue weighted by molar-refractivity contribution is 5.87. The summed E-state index contributed by atoms with van der Waals surface area (Å²) < 4.78 is 5.25. The van der Waals surface area contributed by atoms with Gasteiger partial charge in [-0.3, -0.25) is 9.59 Å². The van der Waals surface area contributed by atoms with Crippen molar-refractivity contribution in [1.82, 2.24) is 10.2 Å². The van der Waals surface area contributed by atoms with E-state index in [0.29, 0.717) is 19.4 Å². The Morgan fingerprint density at radius 3 is 2.42 bits per heavy atom. The third-order valence-electron chi connectivity index (χ3n) is 4.37. The van der Waals surface area contributed by atoms with Crippen molar-refractivity contribution in [3.63, 3.8) is 0 Å². The SMILES string of the molecule is CNC(=O)[C@@H](C)N(Cc1cccc(OC)c1)C(=O)CCc1ccccc1. The number of nitrogens with zero attached hydrogens (tertiary/aromatic N) is 1. The number of hydrogen-bond donors (Lipinski definition) is 1. The lowest BCUT2D eigenvalue weighted by Gasteiger charge is -2.28. The Balaban J connectivity index is 2.14. The van der Waals surface area contributed by atoms with E-state index in [1.165, 1.54) is 0 Å². The van der Waals surface area contributed by atoms with Crippen molar-refractivity contribution in [2.75, 3.05) is 14.2 Å². The lowest BCUT2D eigenvalue weighted by atomic mass is 10.1. The summed E-state index contributed by atoms with van der Waals surface area (Å²) in [6, 6.07) is 16.9. The number of rotatable bonds is 8. The van der Waals surface area contributed by atoms with Gasteiger partial charge in [0.05, 0.1) is 7.11 Å². The van der Waals surface area contributed by atoms with Gasteiger partial charge in [0.15, 0.2) is 0 Å². The Morgan fingerprint density at radius 1 is 1.08 bits per heavy atom. The summed E-state index contributed by atoms with van der Waals surface area (Å²) in [5.74, 6) is 0.500. The molecule has 0 aliphatic carbocycles. The molecule has 0 radical (unpaired) electrons. The number of aryl methyl sites for hydroxylation is 1. The van der Waals surface area contributed by atoms with E-state index in [1.807, 2.05) is 54.6 Å². The Labute approximate surface area is 155 Å². The zero-order valence-corrected chi connectivity index (χ0v) is 15.6. The van der Waals surface area contributed by atoms with Crippen molar-refractivity contribution < 1.29 is 14.3 Å². The van der Waals surface area contributed by atoms with Gasteiger partial charge in [-0.15, -0.1) is 0 Å². The predicted molar refractivity (Wildman–Crippen MR) is 102 cm³/mol. The van der Waals surface area contributed by atoms with Crippen molar-refractivity contribution in [3.8, 4) is 5.75 Å². The van der Waals surface area contributed by atoms with Crippen LogP contribution in [0.5, 0.6) is 5.75 Å². The highest BCUT2D eigenvalue weighted by atomic mass is 16.5. The first-order valence-corrected chi connectivity index (χ1v) is 8.73. The van der Waals surface area contributed by atoms with E-state index < -0.39 is 6.04 Å². The van der Waals surface area contributed by atoms with Gasteiger partial charge in [-0.2, -0.15) is 0 Å². The van der Waals surface area contributed by atoms with Gasteiger partial charge in [-0.25, -0.2) is 0 Å². The first-order valence-electron chi connectivity index (χ1n) is 8.73. The van der Waals surface area contributed by atoms with Gasteiger partial charge < -0.3 is 15.0 Å². The first-order chi connectivity index (χ1) is 12.5. The lowest BCUT2D eigenvalue weighted by molar-refractivity contribution is -0.140. The smallest absolute Gasteiger partial charge is 0.242 e. The van der Waals surface area contributed by atoms with E-state index in [1.54, 1.807) is 26.0 Å². The third-order valence-corrected chi connectivity index (χ3v) is 4.37. The van der Waals surface area contributed by atoms with Gasteiger partial charge in [0.1, 0.15) is 11.8 Å². The van der Waals surface area contributed by atoms with Gasteiger partial charge >= 0.3 is 0 Å². The molecule has 0 spiro atoms. The third kappa shape index (κ3) is 5.34. The fourth-order valence-corrected chi connectivity index (χ4v) is 2.80. The van der Waals surface area contributed by atoms with Crippen LogP contribution in [-0.2, 0) is 22.6 Å². The average Bonchev–Trinajstić information content (AvgIpc) is 2.70. The van der Waals surface area contributed by atoms with E-state index in [9.17, 15) is 9.59 Å². The molecule has 2 aromatic carbocycles. The normalized spacial score (nSPS) is 11.5. The number of benzene rings is 2. The summed E-state index contributed by atoms with van der Waals surface area (Å²) in [6.07, 6.45) is 1.00. The van der Waals surface area contributed by atoms with Gasteiger partial charge in [-0.1, -0.05) is 42.5 Å². The number of carbonyl (C=O) groups is 2. The van der Waals surface area contributed by atoms with Gasteiger partial charge in [-0.05, 0) is 36.6 Å². The van der Waals surface area contributed by atoms with Crippen LogP contribution in [0.2, 0.25) is 0 Å². The standard InChI is InChI=1S/C21H26N2O3/c1-16(21(25)22-2)23(15-18-10-7-11-19(14-18)26-3)20(24)13-12-17-8-5-4-6-9-17/h4-11,14,16H,12-13,15H2,1-3H3,(H,22,25)/t16-/m1/s1. The zero-order valence-electron chi connectivity index (χ0n) is 15.6. The second kappa shape index (κ2) is 9.61. The molecule has 26 heavy (non-hydrogen) atoms. The molecule has 0 bridgehead atoms. The molecule has 0 aromatic heterocycles. The summed E-state index contributed by atoms with van der Waals surface area (Å²) in [5.41, 5.74) is 2.03. The number of nitrogens with one attached hydrogen (secondary N) is 1. The Bertz CT molecular complexity index is 731. The summed E-state index contributed by atoms with van der Waals surface area (Å²) in [6.45, 7) is 2.11. The van der Waals surface area contributed by atoms with E-state index in [2.05, 4.69) is 5.32 Å². The molecular formula is C21H26N2O3. The highest BCUT2D eigenvalue weighted by Crippen LogP contribution is 2.17. The van der Waals surface area contributed by atoms with Crippen LogP contribution < -0.4 is 10.1 Å². The maximum atomic E-state index is 12.9. The average molecular weight is 354 g/mol. The maximum absolute atomic E-state index is 12.9. The van der Waals surface area contributed by atoms with E-state index >= 15 is 0 Å². The quantitative estimate of drug-likeness (QED) is 0.793. The largest absolute Gasteiger partial charge is 0.497 e. The number of likely N-dealkylation sites (N-methyl/N-ethyl adjacent to an activating group) is 1. The summed E-state index contributed by atoms with van der Waals surface area (Å²) in [4.78, 5) is 26.6. The number of methoxy groups -OCH3 is 1. The van der Waals surface area contributed by atoms with Crippen molar-refractivity contribution in [2.45, 2.75) is 32.4 Å². The molecule has 2 aromatic rings. The van der Waals surface area contributed by atoms with Crippen LogP contribution in [0.25, 0.3) is 0 Å². The number of ether oxygens (including phenoxy) is 1. The molecule has 1 atom stereocenters. The minimum Gasteiger partial charge on any atom is -0.497 e. The fraction of sp³-hybridized carbons (Fsp3) is 0.333. The first kappa shape index (κ1) is 19.5. The molecule has 2 amide bonds. The molecule has 1 N–H and O–H groups in total. The van der Waals surface area contributed by atoms with Crippen LogP contribution in [0.15, 0.2) is 54.6 Å². The minimum atomic E-state index is -0.547. The van der Waals surface area contributed by atoms with Crippen molar-refractivity contribution in [2.24, 2.45) is 0 Å². The predicted octanol–water partition coefficient (Wildman–Crippen LogP) is 2.79. The molecule has 0 saturated heterocycles. The Hall–Kier alpha value is -2.82. The molecule has 0 fully saturated rings. The Kier molecular flexibility index (Phi) is 7.21. The van der Waals surface area contributed by atoms with Crippen molar-refractivity contribution in [3.05, 3.63) is 65.7 Å². The molecular weight excluding hydrogens is 328 g/mol. The molecule has 5 nitrogen and oxygen atoms in total. The molecule has 0 aliphatic heterocycles. The summed E-state index contributed by atoms with van der Waals surface area (Å²) in [7, 11) is 3.19. The zero-order chi connectivity index (χ0) is 18.9. The van der Waals surface area contributed by atoms with Crippen molar-refractivity contribution >= 4 is 11.8 Å².